The number of nitrogens with one attached hydrogen (secondary N) is 2. The fourth-order valence-electron chi connectivity index (χ4n) is 3.28. The fourth-order valence-corrected chi connectivity index (χ4v) is 3.40. The molecule has 0 unspecified atom stereocenters. The van der Waals surface area contributed by atoms with E-state index in [4.69, 9.17) is 16.3 Å². The summed E-state index contributed by atoms with van der Waals surface area (Å²) < 4.78 is 5.44. The lowest BCUT2D eigenvalue weighted by Gasteiger charge is -2.19. The molecule has 172 valence electrons. The molecule has 0 fully saturated rings. The number of phenols is 1. The lowest BCUT2D eigenvalue weighted by Crippen LogP contribution is -2.47. The maximum Gasteiger partial charge on any atom is 0.262 e. The Kier molecular flexibility index (Phi) is 8.27. The number of benzene rings is 3. The molecule has 2 amide bonds. The number of carbonyl (C=O) groups is 2. The lowest BCUT2D eigenvalue weighted by atomic mass is 10.0. The summed E-state index contributed by atoms with van der Waals surface area (Å²) in [7, 11) is 0. The van der Waals surface area contributed by atoms with Crippen LogP contribution in [0.1, 0.15) is 25.8 Å². The van der Waals surface area contributed by atoms with Crippen LogP contribution >= 0.6 is 11.6 Å². The van der Waals surface area contributed by atoms with Gasteiger partial charge >= 0.3 is 0 Å². The topological polar surface area (TPSA) is 100 Å². The molecule has 0 aliphatic rings. The van der Waals surface area contributed by atoms with Gasteiger partial charge in [0.25, 0.3) is 11.8 Å². The monoisotopic (exact) mass is 467 g/mol. The van der Waals surface area contributed by atoms with Gasteiger partial charge in [0.05, 0.1) is 6.21 Å². The Hall–Kier alpha value is -3.58. The van der Waals surface area contributed by atoms with Crippen molar-refractivity contribution < 1.29 is 19.4 Å². The molecule has 33 heavy (non-hydrogen) atoms. The van der Waals surface area contributed by atoms with Crippen LogP contribution in [0.2, 0.25) is 5.02 Å². The van der Waals surface area contributed by atoms with Crippen molar-refractivity contribution in [3.8, 4) is 11.5 Å². The van der Waals surface area contributed by atoms with E-state index in [0.717, 1.165) is 10.8 Å². The number of amides is 2. The number of phenolic OH excluding ortho intramolecular Hbond substituents is 1. The largest absolute Gasteiger partial charge is 0.507 e. The molecule has 3 aromatic rings. The summed E-state index contributed by atoms with van der Waals surface area (Å²) in [5.74, 6) is -0.178. The van der Waals surface area contributed by atoms with Crippen molar-refractivity contribution in [2.24, 2.45) is 11.0 Å². The molecule has 3 N–H and O–H groups in total. The Bertz CT molecular complexity index is 1150. The molecule has 0 aliphatic heterocycles. The normalized spacial score (nSPS) is 12.1. The molecular formula is C25H26ClN3O4. The van der Waals surface area contributed by atoms with Gasteiger partial charge in [-0.25, -0.2) is 5.43 Å². The van der Waals surface area contributed by atoms with Crippen LogP contribution in [0, 0.1) is 5.92 Å². The van der Waals surface area contributed by atoms with Gasteiger partial charge in [-0.1, -0.05) is 55.8 Å². The molecule has 0 saturated heterocycles. The second-order valence-corrected chi connectivity index (χ2v) is 8.38. The molecule has 0 aromatic heterocycles. The lowest BCUT2D eigenvalue weighted by molar-refractivity contribution is -0.130. The summed E-state index contributed by atoms with van der Waals surface area (Å²) in [4.78, 5) is 25.1. The van der Waals surface area contributed by atoms with Gasteiger partial charge in [0.1, 0.15) is 17.5 Å². The van der Waals surface area contributed by atoms with Crippen LogP contribution < -0.4 is 15.5 Å². The highest BCUT2D eigenvalue weighted by molar-refractivity contribution is 6.30. The molecule has 0 aliphatic carbocycles. The average molecular weight is 468 g/mol. The standard InChI is InChI=1S/C25H26ClN3O4/c1-16(2)13-22(28-24(31)15-33-19-10-8-18(26)9-11-19)25(32)29-27-14-21-20-6-4-3-5-17(20)7-12-23(21)30/h3-12,14,16,22,30H,13,15H2,1-2H3,(H,28,31)(H,29,32)/b27-14-/t22-/m1/s1. The fraction of sp³-hybridized carbons (Fsp3) is 0.240. The highest BCUT2D eigenvalue weighted by atomic mass is 35.5. The summed E-state index contributed by atoms with van der Waals surface area (Å²) in [5.41, 5.74) is 2.96. The molecule has 7 nitrogen and oxygen atoms in total. The maximum absolute atomic E-state index is 12.7. The summed E-state index contributed by atoms with van der Waals surface area (Å²) in [6, 6.07) is 16.8. The third kappa shape index (κ3) is 6.95. The highest BCUT2D eigenvalue weighted by Crippen LogP contribution is 2.25. The maximum atomic E-state index is 12.7. The van der Waals surface area contributed by atoms with Crippen LogP contribution in [-0.4, -0.2) is 35.8 Å². The quantitative estimate of drug-likeness (QED) is 0.323. The Morgan fingerprint density at radius 3 is 2.55 bits per heavy atom. The Morgan fingerprint density at radius 2 is 1.82 bits per heavy atom. The third-order valence-electron chi connectivity index (χ3n) is 4.86. The number of rotatable bonds is 9. The zero-order valence-corrected chi connectivity index (χ0v) is 19.2. The Balaban J connectivity index is 1.62. The zero-order chi connectivity index (χ0) is 23.8. The van der Waals surface area contributed by atoms with Crippen LogP contribution in [0.5, 0.6) is 11.5 Å². The zero-order valence-electron chi connectivity index (χ0n) is 18.4. The van der Waals surface area contributed by atoms with Crippen molar-refractivity contribution in [1.82, 2.24) is 10.7 Å². The molecule has 0 saturated carbocycles. The second-order valence-electron chi connectivity index (χ2n) is 7.95. The van der Waals surface area contributed by atoms with E-state index in [1.54, 1.807) is 36.4 Å². The van der Waals surface area contributed by atoms with Crippen LogP contribution in [0.15, 0.2) is 65.8 Å². The van der Waals surface area contributed by atoms with E-state index in [1.807, 2.05) is 38.1 Å². The molecule has 0 radical (unpaired) electrons. The predicted octanol–water partition coefficient (Wildman–Crippen LogP) is 4.26. The SMILES string of the molecule is CC(C)C[C@@H](NC(=O)COc1ccc(Cl)cc1)C(=O)N/N=C\c1c(O)ccc2ccccc12. The van der Waals surface area contributed by atoms with Crippen molar-refractivity contribution in [1.29, 1.82) is 0 Å². The number of carbonyl (C=O) groups excluding carboxylic acids is 2. The van der Waals surface area contributed by atoms with Gasteiger partial charge in [0, 0.05) is 10.6 Å². The van der Waals surface area contributed by atoms with Crippen LogP contribution in [0.4, 0.5) is 0 Å². The minimum atomic E-state index is -0.787. The number of aromatic hydroxyl groups is 1. The number of hydrogen-bond acceptors (Lipinski definition) is 5. The summed E-state index contributed by atoms with van der Waals surface area (Å²) in [6.45, 7) is 3.67. The van der Waals surface area contributed by atoms with Gasteiger partial charge in [-0.3, -0.25) is 9.59 Å². The number of fused-ring (bicyclic) bond motifs is 1. The first-order chi connectivity index (χ1) is 15.8. The predicted molar refractivity (Wildman–Crippen MR) is 130 cm³/mol. The van der Waals surface area contributed by atoms with Crippen molar-refractivity contribution in [3.05, 3.63) is 71.2 Å². The highest BCUT2D eigenvalue weighted by Gasteiger charge is 2.22. The average Bonchev–Trinajstić information content (AvgIpc) is 2.79. The first-order valence-electron chi connectivity index (χ1n) is 10.5. The Morgan fingerprint density at radius 1 is 1.09 bits per heavy atom. The first-order valence-corrected chi connectivity index (χ1v) is 10.9. The van der Waals surface area contributed by atoms with Gasteiger partial charge in [-0.05, 0) is 53.4 Å². The van der Waals surface area contributed by atoms with E-state index in [0.29, 0.717) is 22.8 Å². The summed E-state index contributed by atoms with van der Waals surface area (Å²) in [5, 5.41) is 19.2. The molecule has 0 spiro atoms. The van der Waals surface area contributed by atoms with Gasteiger partial charge in [-0.15, -0.1) is 0 Å². The molecular weight excluding hydrogens is 442 g/mol. The van der Waals surface area contributed by atoms with Gasteiger partial charge in [0.15, 0.2) is 6.61 Å². The minimum absolute atomic E-state index is 0.0538. The first kappa shape index (κ1) is 24.1. The van der Waals surface area contributed by atoms with Gasteiger partial charge < -0.3 is 15.2 Å². The third-order valence-corrected chi connectivity index (χ3v) is 5.11. The number of hydrazone groups is 1. The van der Waals surface area contributed by atoms with E-state index in [2.05, 4.69) is 15.8 Å². The smallest absolute Gasteiger partial charge is 0.262 e. The van der Waals surface area contributed by atoms with Gasteiger partial charge in [0.2, 0.25) is 0 Å². The van der Waals surface area contributed by atoms with Crippen molar-refractivity contribution >= 4 is 40.4 Å². The molecule has 3 rings (SSSR count). The van der Waals surface area contributed by atoms with E-state index in [9.17, 15) is 14.7 Å². The second kappa shape index (κ2) is 11.3. The number of hydrogen-bond donors (Lipinski definition) is 3. The molecule has 0 bridgehead atoms. The van der Waals surface area contributed by atoms with E-state index in [1.165, 1.54) is 6.21 Å². The molecule has 3 aromatic carbocycles. The van der Waals surface area contributed by atoms with Crippen molar-refractivity contribution in [2.45, 2.75) is 26.3 Å². The van der Waals surface area contributed by atoms with Crippen LogP contribution in [-0.2, 0) is 9.59 Å². The summed E-state index contributed by atoms with van der Waals surface area (Å²) >= 11 is 5.84. The molecule has 1 atom stereocenters. The minimum Gasteiger partial charge on any atom is -0.507 e. The van der Waals surface area contributed by atoms with Crippen molar-refractivity contribution in [2.75, 3.05) is 6.61 Å². The number of nitrogens with zero attached hydrogens (tertiary/aromatic N) is 1. The number of ether oxygens (including phenoxy) is 1. The van der Waals surface area contributed by atoms with Crippen LogP contribution in [0.3, 0.4) is 0 Å². The van der Waals surface area contributed by atoms with Crippen molar-refractivity contribution in [3.63, 3.8) is 0 Å². The number of halogens is 1. The summed E-state index contributed by atoms with van der Waals surface area (Å²) in [6.07, 6.45) is 1.82. The van der Waals surface area contributed by atoms with Gasteiger partial charge in [-0.2, -0.15) is 5.10 Å². The van der Waals surface area contributed by atoms with E-state index in [-0.39, 0.29) is 18.3 Å². The molecule has 0 heterocycles. The van der Waals surface area contributed by atoms with Crippen LogP contribution in [0.25, 0.3) is 10.8 Å². The van der Waals surface area contributed by atoms with E-state index >= 15 is 0 Å². The molecule has 8 heteroatoms. The Labute approximate surface area is 197 Å². The van der Waals surface area contributed by atoms with E-state index < -0.39 is 17.9 Å².